The van der Waals surface area contributed by atoms with E-state index in [9.17, 15) is 4.79 Å². The molecule has 2 heteroatoms. The molecule has 2 unspecified atom stereocenters. The van der Waals surface area contributed by atoms with Crippen LogP contribution < -0.4 is 5.32 Å². The minimum atomic E-state index is 0.213. The van der Waals surface area contributed by atoms with Crippen LogP contribution in [0, 0.1) is 17.8 Å². The van der Waals surface area contributed by atoms with Crippen LogP contribution in [0.2, 0.25) is 0 Å². The van der Waals surface area contributed by atoms with Gasteiger partial charge in [-0.05, 0) is 50.4 Å². The Balaban J connectivity index is 1.74. The first-order valence-corrected chi connectivity index (χ1v) is 8.76. The molecule has 1 saturated heterocycles. The molecule has 0 radical (unpaired) electrons. The second kappa shape index (κ2) is 7.82. The molecule has 1 amide bonds. The predicted octanol–water partition coefficient (Wildman–Crippen LogP) is 4.62. The van der Waals surface area contributed by atoms with E-state index in [0.717, 1.165) is 18.8 Å². The van der Waals surface area contributed by atoms with E-state index >= 15 is 0 Å². The second-order valence-electron chi connectivity index (χ2n) is 7.07. The Hall–Kier alpha value is -1.05. The molecule has 1 N–H and O–H groups in total. The molecule has 1 aliphatic heterocycles. The van der Waals surface area contributed by atoms with E-state index in [1.54, 1.807) is 5.57 Å². The lowest BCUT2D eigenvalue weighted by Crippen LogP contribution is -2.27. The molecule has 0 aromatic rings. The zero-order chi connectivity index (χ0) is 15.2. The lowest BCUT2D eigenvalue weighted by molar-refractivity contribution is -0.122. The molecule has 1 aliphatic carbocycles. The highest BCUT2D eigenvalue weighted by Crippen LogP contribution is 2.30. The predicted molar refractivity (Wildman–Crippen MR) is 89.0 cm³/mol. The Bertz CT molecular complexity index is 410. The molecule has 2 nitrogen and oxygen atoms in total. The molecule has 21 heavy (non-hydrogen) atoms. The topological polar surface area (TPSA) is 29.1 Å². The van der Waals surface area contributed by atoms with Crippen LogP contribution in [0.3, 0.4) is 0 Å². The highest BCUT2D eigenvalue weighted by molar-refractivity contribution is 5.80. The van der Waals surface area contributed by atoms with Crippen molar-refractivity contribution in [2.24, 2.45) is 17.8 Å². The molecular formula is C19H31NO. The number of carbonyl (C=O) groups excluding carboxylic acids is 1. The number of hydrogen-bond donors (Lipinski definition) is 1. The van der Waals surface area contributed by atoms with E-state index in [0.29, 0.717) is 12.0 Å². The highest BCUT2D eigenvalue weighted by Gasteiger charge is 2.29. The van der Waals surface area contributed by atoms with E-state index in [2.05, 4.69) is 37.4 Å². The fourth-order valence-corrected chi connectivity index (χ4v) is 3.79. The van der Waals surface area contributed by atoms with Crippen LogP contribution >= 0.6 is 0 Å². The normalized spacial score (nSPS) is 28.1. The number of amides is 1. The van der Waals surface area contributed by atoms with Gasteiger partial charge < -0.3 is 5.32 Å². The Labute approximate surface area is 130 Å². The van der Waals surface area contributed by atoms with Crippen molar-refractivity contribution >= 4 is 5.91 Å². The third-order valence-corrected chi connectivity index (χ3v) is 5.19. The van der Waals surface area contributed by atoms with Gasteiger partial charge in [0, 0.05) is 12.0 Å². The van der Waals surface area contributed by atoms with Gasteiger partial charge in [-0.2, -0.15) is 0 Å². The molecule has 2 rings (SSSR count). The zero-order valence-corrected chi connectivity index (χ0v) is 13.9. The van der Waals surface area contributed by atoms with E-state index < -0.39 is 0 Å². The first kappa shape index (κ1) is 16.3. The van der Waals surface area contributed by atoms with Crippen LogP contribution in [0.15, 0.2) is 23.8 Å². The smallest absolute Gasteiger partial charge is 0.223 e. The van der Waals surface area contributed by atoms with Gasteiger partial charge in [-0.15, -0.1) is 0 Å². The number of allylic oxidation sites excluding steroid dienone is 4. The first-order chi connectivity index (χ1) is 10.1. The second-order valence-corrected chi connectivity index (χ2v) is 7.07. The maximum absolute atomic E-state index is 11.6. The number of nitrogens with one attached hydrogen (secondary N) is 1. The third-order valence-electron chi connectivity index (χ3n) is 5.19. The van der Waals surface area contributed by atoms with Crippen molar-refractivity contribution in [3.05, 3.63) is 23.8 Å². The summed E-state index contributed by atoms with van der Waals surface area (Å²) in [6.45, 7) is 6.70. The van der Waals surface area contributed by atoms with E-state index in [4.69, 9.17) is 0 Å². The maximum Gasteiger partial charge on any atom is 0.223 e. The minimum Gasteiger partial charge on any atom is -0.353 e. The third kappa shape index (κ3) is 4.72. The molecule has 2 aliphatic rings. The van der Waals surface area contributed by atoms with Gasteiger partial charge in [0.15, 0.2) is 0 Å². The molecule has 4 atom stereocenters. The molecule has 1 heterocycles. The number of hydrogen-bond acceptors (Lipinski definition) is 1. The standard InChI is InChI=1S/C19H31NO/c1-4-16(17-8-6-5-7-9-17)11-10-14(2)12-18-13-15(3)19(21)20-18/h5-6,8,14-16,18H,4,7,9-13H2,1-3H3,(H,20,21)/t14?,15-,16?,18-/m1/s1. The van der Waals surface area contributed by atoms with Crippen LogP contribution in [-0.4, -0.2) is 11.9 Å². The van der Waals surface area contributed by atoms with Crippen LogP contribution in [0.1, 0.15) is 65.7 Å². The Kier molecular flexibility index (Phi) is 6.08. The van der Waals surface area contributed by atoms with E-state index in [1.807, 2.05) is 6.92 Å². The summed E-state index contributed by atoms with van der Waals surface area (Å²) in [5.74, 6) is 1.92. The molecular weight excluding hydrogens is 258 g/mol. The fourth-order valence-electron chi connectivity index (χ4n) is 3.79. The molecule has 0 aromatic carbocycles. The van der Waals surface area contributed by atoms with Crippen LogP contribution in [0.25, 0.3) is 0 Å². The summed E-state index contributed by atoms with van der Waals surface area (Å²) >= 11 is 0. The van der Waals surface area contributed by atoms with Gasteiger partial charge in [0.1, 0.15) is 0 Å². The molecule has 118 valence electrons. The van der Waals surface area contributed by atoms with Gasteiger partial charge in [-0.25, -0.2) is 0 Å². The van der Waals surface area contributed by atoms with Crippen molar-refractivity contribution in [2.75, 3.05) is 0 Å². The molecule has 0 spiro atoms. The number of rotatable bonds is 7. The van der Waals surface area contributed by atoms with E-state index in [1.165, 1.54) is 32.1 Å². The molecule has 0 aromatic heterocycles. The molecule has 0 bridgehead atoms. The summed E-state index contributed by atoms with van der Waals surface area (Å²) in [4.78, 5) is 11.6. The Morgan fingerprint density at radius 1 is 1.38 bits per heavy atom. The summed E-state index contributed by atoms with van der Waals surface area (Å²) < 4.78 is 0. The van der Waals surface area contributed by atoms with Crippen molar-refractivity contribution in [3.8, 4) is 0 Å². The zero-order valence-electron chi connectivity index (χ0n) is 13.9. The van der Waals surface area contributed by atoms with Gasteiger partial charge in [0.05, 0.1) is 0 Å². The van der Waals surface area contributed by atoms with Crippen molar-refractivity contribution in [3.63, 3.8) is 0 Å². The highest BCUT2D eigenvalue weighted by atomic mass is 16.2. The fraction of sp³-hybridized carbons (Fsp3) is 0.737. The van der Waals surface area contributed by atoms with Crippen molar-refractivity contribution in [1.82, 2.24) is 5.32 Å². The van der Waals surface area contributed by atoms with Gasteiger partial charge in [0.25, 0.3) is 0 Å². The quantitative estimate of drug-likeness (QED) is 0.728. The average molecular weight is 289 g/mol. The van der Waals surface area contributed by atoms with Gasteiger partial charge in [0.2, 0.25) is 5.91 Å². The summed E-state index contributed by atoms with van der Waals surface area (Å²) in [5.41, 5.74) is 1.65. The summed E-state index contributed by atoms with van der Waals surface area (Å²) in [6.07, 6.45) is 15.3. The Morgan fingerprint density at radius 3 is 2.76 bits per heavy atom. The van der Waals surface area contributed by atoms with Crippen LogP contribution in [0.4, 0.5) is 0 Å². The van der Waals surface area contributed by atoms with E-state index in [-0.39, 0.29) is 11.8 Å². The average Bonchev–Trinajstić information content (AvgIpc) is 2.79. The van der Waals surface area contributed by atoms with Gasteiger partial charge in [-0.3, -0.25) is 4.79 Å². The largest absolute Gasteiger partial charge is 0.353 e. The van der Waals surface area contributed by atoms with Crippen molar-refractivity contribution in [2.45, 2.75) is 71.8 Å². The van der Waals surface area contributed by atoms with Crippen molar-refractivity contribution < 1.29 is 4.79 Å². The maximum atomic E-state index is 11.6. The molecule has 0 saturated carbocycles. The van der Waals surface area contributed by atoms with Crippen LogP contribution in [-0.2, 0) is 4.79 Å². The van der Waals surface area contributed by atoms with Crippen LogP contribution in [0.5, 0.6) is 0 Å². The Morgan fingerprint density at radius 2 is 2.19 bits per heavy atom. The lowest BCUT2D eigenvalue weighted by Gasteiger charge is -2.23. The minimum absolute atomic E-state index is 0.213. The molecule has 1 fully saturated rings. The monoisotopic (exact) mass is 289 g/mol. The summed E-state index contributed by atoms with van der Waals surface area (Å²) in [5, 5.41) is 3.14. The van der Waals surface area contributed by atoms with Crippen molar-refractivity contribution in [1.29, 1.82) is 0 Å². The van der Waals surface area contributed by atoms with Gasteiger partial charge >= 0.3 is 0 Å². The summed E-state index contributed by atoms with van der Waals surface area (Å²) in [6, 6.07) is 0.416. The SMILES string of the molecule is CCC(CCC(C)C[C@@H]1C[C@@H](C)C(=O)N1)C1=CC=CCC1. The summed E-state index contributed by atoms with van der Waals surface area (Å²) in [7, 11) is 0. The first-order valence-electron chi connectivity index (χ1n) is 8.76. The lowest BCUT2D eigenvalue weighted by atomic mass is 9.83. The number of carbonyl (C=O) groups is 1. The van der Waals surface area contributed by atoms with Gasteiger partial charge in [-0.1, -0.05) is 51.0 Å².